The quantitative estimate of drug-likeness (QED) is 0.849. The molecule has 4 nitrogen and oxygen atoms in total. The molecule has 132 valence electrons. The van der Waals surface area contributed by atoms with E-state index in [0.717, 1.165) is 31.5 Å². The van der Waals surface area contributed by atoms with E-state index in [-0.39, 0.29) is 35.9 Å². The van der Waals surface area contributed by atoms with Gasteiger partial charge in [0.1, 0.15) is 0 Å². The topological polar surface area (TPSA) is 49.4 Å². The third-order valence-corrected chi connectivity index (χ3v) is 5.42. The van der Waals surface area contributed by atoms with Gasteiger partial charge in [0, 0.05) is 30.5 Å². The zero-order valence-corrected chi connectivity index (χ0v) is 15.3. The number of amides is 1. The summed E-state index contributed by atoms with van der Waals surface area (Å²) in [7, 11) is 0. The first kappa shape index (κ1) is 18.9. The third-order valence-electron chi connectivity index (χ3n) is 5.42. The Bertz CT molecular complexity index is 576. The molecule has 3 rings (SSSR count). The first-order valence-corrected chi connectivity index (χ1v) is 8.66. The van der Waals surface area contributed by atoms with Gasteiger partial charge in [-0.3, -0.25) is 9.59 Å². The van der Waals surface area contributed by atoms with E-state index in [4.69, 9.17) is 0 Å². The number of nitrogens with one attached hydrogen (secondary N) is 1. The lowest BCUT2D eigenvalue weighted by Gasteiger charge is -2.37. The van der Waals surface area contributed by atoms with E-state index in [2.05, 4.69) is 5.32 Å². The van der Waals surface area contributed by atoms with Crippen LogP contribution in [-0.4, -0.2) is 42.8 Å². The van der Waals surface area contributed by atoms with Gasteiger partial charge in [0.2, 0.25) is 5.91 Å². The van der Waals surface area contributed by atoms with Gasteiger partial charge in [0.25, 0.3) is 0 Å². The molecule has 1 atom stereocenters. The summed E-state index contributed by atoms with van der Waals surface area (Å²) in [5.41, 5.74) is 1.97. The van der Waals surface area contributed by atoms with Crippen molar-refractivity contribution in [1.82, 2.24) is 10.2 Å². The Hall–Kier alpha value is -1.39. The molecule has 0 aromatic heterocycles. The number of hydrogen-bond acceptors (Lipinski definition) is 3. The fourth-order valence-corrected chi connectivity index (χ4v) is 3.47. The number of halogens is 1. The van der Waals surface area contributed by atoms with E-state index >= 15 is 0 Å². The van der Waals surface area contributed by atoms with Crippen LogP contribution in [0.4, 0.5) is 0 Å². The molecule has 2 heterocycles. The van der Waals surface area contributed by atoms with Gasteiger partial charge in [-0.1, -0.05) is 36.8 Å². The maximum absolute atomic E-state index is 12.6. The first-order valence-electron chi connectivity index (χ1n) is 8.66. The number of carbonyl (C=O) groups is 2. The third kappa shape index (κ3) is 3.98. The number of ketones is 1. The number of benzene rings is 1. The zero-order valence-electron chi connectivity index (χ0n) is 14.5. The zero-order chi connectivity index (χ0) is 16.4. The van der Waals surface area contributed by atoms with E-state index in [1.54, 1.807) is 0 Å². The van der Waals surface area contributed by atoms with Gasteiger partial charge in [-0.25, -0.2) is 0 Å². The molecule has 0 spiro atoms. The van der Waals surface area contributed by atoms with Crippen molar-refractivity contribution in [2.24, 2.45) is 17.8 Å². The summed E-state index contributed by atoms with van der Waals surface area (Å²) in [5, 5.41) is 3.23. The monoisotopic (exact) mass is 350 g/mol. The smallest absolute Gasteiger partial charge is 0.225 e. The summed E-state index contributed by atoms with van der Waals surface area (Å²) in [5.74, 6) is 1.13. The number of piperidine rings is 1. The lowest BCUT2D eigenvalue weighted by molar-refractivity contribution is -0.138. The second-order valence-electron chi connectivity index (χ2n) is 7.04. The molecule has 2 saturated heterocycles. The van der Waals surface area contributed by atoms with Crippen molar-refractivity contribution in [1.29, 1.82) is 0 Å². The van der Waals surface area contributed by atoms with Crippen molar-refractivity contribution in [3.8, 4) is 0 Å². The number of hydrogen-bond donors (Lipinski definition) is 1. The van der Waals surface area contributed by atoms with Crippen LogP contribution in [0.25, 0.3) is 0 Å². The summed E-state index contributed by atoms with van der Waals surface area (Å²) >= 11 is 0. The van der Waals surface area contributed by atoms with Crippen molar-refractivity contribution in [2.75, 3.05) is 26.2 Å². The minimum absolute atomic E-state index is 0. The van der Waals surface area contributed by atoms with E-state index in [0.29, 0.717) is 19.0 Å². The molecule has 1 aromatic rings. The number of rotatable bonds is 4. The van der Waals surface area contributed by atoms with Gasteiger partial charge in [0.15, 0.2) is 5.78 Å². The second kappa shape index (κ2) is 8.13. The second-order valence-corrected chi connectivity index (χ2v) is 7.04. The van der Waals surface area contributed by atoms with Gasteiger partial charge in [-0.15, -0.1) is 12.4 Å². The highest BCUT2D eigenvalue weighted by Gasteiger charge is 2.34. The van der Waals surface area contributed by atoms with Gasteiger partial charge in [-0.05, 0) is 38.8 Å². The molecule has 2 aliphatic rings. The fraction of sp³-hybridized carbons (Fsp3) is 0.579. The molecular weight excluding hydrogens is 324 g/mol. The van der Waals surface area contributed by atoms with E-state index in [1.165, 1.54) is 5.56 Å². The number of Topliss-reactive ketones (excluding diaryl/α,β-unsaturated/α-hetero) is 1. The lowest BCUT2D eigenvalue weighted by Crippen LogP contribution is -2.51. The molecule has 0 aliphatic carbocycles. The number of nitrogens with zero attached hydrogens (tertiary/aromatic N) is 1. The molecule has 5 heteroatoms. The molecule has 1 N–H and O–H groups in total. The first-order chi connectivity index (χ1) is 11.1. The molecule has 0 bridgehead atoms. The molecule has 0 radical (unpaired) electrons. The van der Waals surface area contributed by atoms with E-state index in [9.17, 15) is 9.59 Å². The highest BCUT2D eigenvalue weighted by molar-refractivity contribution is 5.98. The van der Waals surface area contributed by atoms with Crippen LogP contribution in [0.2, 0.25) is 0 Å². The van der Waals surface area contributed by atoms with E-state index in [1.807, 2.05) is 43.0 Å². The highest BCUT2D eigenvalue weighted by Crippen LogP contribution is 2.25. The Labute approximate surface area is 150 Å². The Kier molecular flexibility index (Phi) is 6.41. The molecule has 24 heavy (non-hydrogen) atoms. The Morgan fingerprint density at radius 2 is 1.71 bits per heavy atom. The summed E-state index contributed by atoms with van der Waals surface area (Å²) < 4.78 is 0. The fourth-order valence-electron chi connectivity index (χ4n) is 3.47. The average molecular weight is 351 g/mol. The molecule has 2 fully saturated rings. The van der Waals surface area contributed by atoms with Crippen molar-refractivity contribution < 1.29 is 9.59 Å². The maximum Gasteiger partial charge on any atom is 0.225 e. The lowest BCUT2D eigenvalue weighted by atomic mass is 9.85. The van der Waals surface area contributed by atoms with Crippen LogP contribution in [0.15, 0.2) is 24.3 Å². The van der Waals surface area contributed by atoms with Crippen LogP contribution >= 0.6 is 12.4 Å². The number of carbonyl (C=O) groups excluding carboxylic acids is 2. The van der Waals surface area contributed by atoms with Crippen molar-refractivity contribution >= 4 is 24.1 Å². The van der Waals surface area contributed by atoms with Gasteiger partial charge < -0.3 is 10.2 Å². The van der Waals surface area contributed by atoms with Gasteiger partial charge in [0.05, 0.1) is 0 Å². The summed E-state index contributed by atoms with van der Waals surface area (Å²) in [4.78, 5) is 27.1. The van der Waals surface area contributed by atoms with Crippen LogP contribution in [-0.2, 0) is 4.79 Å². The van der Waals surface area contributed by atoms with Gasteiger partial charge >= 0.3 is 0 Å². The van der Waals surface area contributed by atoms with Crippen molar-refractivity contribution in [3.05, 3.63) is 35.4 Å². The minimum atomic E-state index is 0. The molecule has 0 saturated carbocycles. The number of aryl methyl sites for hydroxylation is 1. The van der Waals surface area contributed by atoms with Crippen LogP contribution in [0, 0.1) is 24.7 Å². The SMILES string of the molecule is Cc1ccc(C(=O)C2CCN(C(=O)C(C)C3CNC3)CC2)cc1.Cl. The predicted octanol–water partition coefficient (Wildman–Crippen LogP) is 2.69. The van der Waals surface area contributed by atoms with Crippen molar-refractivity contribution in [3.63, 3.8) is 0 Å². The predicted molar refractivity (Wildman–Crippen MR) is 97.6 cm³/mol. The number of likely N-dealkylation sites (tertiary alicyclic amines) is 1. The standard InChI is InChI=1S/C19H26N2O2.ClH/c1-13-3-5-15(6-4-13)18(22)16-7-9-21(10-8-16)19(23)14(2)17-11-20-12-17;/h3-6,14,16-17,20H,7-12H2,1-2H3;1H. The maximum atomic E-state index is 12.6. The Morgan fingerprint density at radius 1 is 1.12 bits per heavy atom. The Balaban J connectivity index is 0.00000208. The largest absolute Gasteiger partial charge is 0.342 e. The van der Waals surface area contributed by atoms with Crippen LogP contribution in [0.5, 0.6) is 0 Å². The highest BCUT2D eigenvalue weighted by atomic mass is 35.5. The summed E-state index contributed by atoms with van der Waals surface area (Å²) in [6.45, 7) is 7.40. The van der Waals surface area contributed by atoms with Gasteiger partial charge in [-0.2, -0.15) is 0 Å². The van der Waals surface area contributed by atoms with Crippen LogP contribution in [0.1, 0.15) is 35.7 Å². The summed E-state index contributed by atoms with van der Waals surface area (Å²) in [6, 6.07) is 7.81. The van der Waals surface area contributed by atoms with Crippen LogP contribution in [0.3, 0.4) is 0 Å². The van der Waals surface area contributed by atoms with Crippen molar-refractivity contribution in [2.45, 2.75) is 26.7 Å². The average Bonchev–Trinajstić information content (AvgIpc) is 2.53. The molecule has 1 unspecified atom stereocenters. The molecule has 1 amide bonds. The summed E-state index contributed by atoms with van der Waals surface area (Å²) in [6.07, 6.45) is 1.57. The van der Waals surface area contributed by atoms with E-state index < -0.39 is 0 Å². The van der Waals surface area contributed by atoms with Crippen LogP contribution < -0.4 is 5.32 Å². The molecule has 1 aromatic carbocycles. The normalized spacial score (nSPS) is 20.0. The molecular formula is C19H27ClN2O2. The molecule has 2 aliphatic heterocycles. The Morgan fingerprint density at radius 3 is 2.21 bits per heavy atom. The minimum Gasteiger partial charge on any atom is -0.342 e.